The molecule has 0 bridgehead atoms. The summed E-state index contributed by atoms with van der Waals surface area (Å²) in [5.74, 6) is -0.210. The number of hydrogen-bond donors (Lipinski definition) is 2. The SMILES string of the molecule is CC(C)(C)c1nc2ccc(Cl)c(S(=O)(=O)C(F)c3ccccn3)c2o1.CC(C)(C)c1nc2ccc(Cl)c(S(=O)(=O)Cc3ccccn3)c2o1.Nc1ccc(Cl)c(S(=O)(=O)C(F)c2ccccn2)c1O. The number of nitrogens with two attached hydrogens (primary N) is 1. The van der Waals surface area contributed by atoms with Crippen molar-refractivity contribution in [3.63, 3.8) is 0 Å². The minimum atomic E-state index is -4.57. The van der Waals surface area contributed by atoms with Crippen LogP contribution < -0.4 is 5.73 Å². The van der Waals surface area contributed by atoms with Crippen LogP contribution in [0.25, 0.3) is 22.2 Å². The van der Waals surface area contributed by atoms with Crippen LogP contribution in [0.2, 0.25) is 15.1 Å². The van der Waals surface area contributed by atoms with E-state index in [1.807, 2.05) is 41.5 Å². The fraction of sp³-hybridized carbons (Fsp3) is 0.239. The van der Waals surface area contributed by atoms with Gasteiger partial charge in [-0.3, -0.25) is 15.0 Å². The number of aromatic hydroxyl groups is 1. The van der Waals surface area contributed by atoms with E-state index in [4.69, 9.17) is 49.4 Å². The molecule has 23 heteroatoms. The molecule has 3 N–H and O–H groups in total. The lowest BCUT2D eigenvalue weighted by molar-refractivity contribution is 0.405. The topological polar surface area (TPSA) is 239 Å². The third kappa shape index (κ3) is 11.5. The van der Waals surface area contributed by atoms with Crippen LogP contribution in [0.1, 0.15) is 81.4 Å². The number of rotatable bonds is 9. The maximum atomic E-state index is 14.8. The van der Waals surface area contributed by atoms with Gasteiger partial charge in [0, 0.05) is 29.4 Å². The molecule has 0 aliphatic heterocycles. The first-order chi connectivity index (χ1) is 32.2. The maximum absolute atomic E-state index is 14.8. The van der Waals surface area contributed by atoms with Gasteiger partial charge in [-0.05, 0) is 72.8 Å². The Balaban J connectivity index is 0.000000171. The van der Waals surface area contributed by atoms with Crippen molar-refractivity contribution >= 4 is 92.2 Å². The van der Waals surface area contributed by atoms with Crippen LogP contribution in [-0.2, 0) is 46.1 Å². The molecule has 8 aromatic rings. The van der Waals surface area contributed by atoms with Gasteiger partial charge in [-0.2, -0.15) is 0 Å². The molecule has 0 amide bonds. The van der Waals surface area contributed by atoms with Gasteiger partial charge in [0.1, 0.15) is 25.7 Å². The zero-order valence-electron chi connectivity index (χ0n) is 37.4. The van der Waals surface area contributed by atoms with Gasteiger partial charge in [0.05, 0.1) is 43.6 Å². The third-order valence-corrected chi connectivity index (χ3v) is 16.2. The van der Waals surface area contributed by atoms with Gasteiger partial charge in [-0.25, -0.2) is 44.0 Å². The van der Waals surface area contributed by atoms with Crippen molar-refractivity contribution in [3.05, 3.63) is 154 Å². The van der Waals surface area contributed by atoms with Crippen LogP contribution in [0.3, 0.4) is 0 Å². The minimum absolute atomic E-state index is 0.0321. The predicted octanol–water partition coefficient (Wildman–Crippen LogP) is 11.2. The average Bonchev–Trinajstić information content (AvgIpc) is 3.94. The number of sulfone groups is 3. The average molecular weight is 1060 g/mol. The van der Waals surface area contributed by atoms with E-state index in [9.17, 15) is 39.1 Å². The van der Waals surface area contributed by atoms with Crippen molar-refractivity contribution in [1.82, 2.24) is 24.9 Å². The van der Waals surface area contributed by atoms with Crippen LogP contribution in [0, 0.1) is 0 Å². The molecule has 0 saturated heterocycles. The lowest BCUT2D eigenvalue weighted by Gasteiger charge is -2.13. The number of oxazole rings is 2. The monoisotopic (exact) mass is 1060 g/mol. The zero-order valence-corrected chi connectivity index (χ0v) is 42.1. The molecule has 2 unspecified atom stereocenters. The second-order valence-electron chi connectivity index (χ2n) is 17.1. The van der Waals surface area contributed by atoms with Crippen LogP contribution in [0.5, 0.6) is 5.75 Å². The van der Waals surface area contributed by atoms with Gasteiger partial charge in [0.2, 0.25) is 42.5 Å². The highest BCUT2D eigenvalue weighted by molar-refractivity contribution is 7.92. The molecule has 364 valence electrons. The van der Waals surface area contributed by atoms with Gasteiger partial charge >= 0.3 is 0 Å². The first kappa shape index (κ1) is 52.6. The molecule has 5 heterocycles. The lowest BCUT2D eigenvalue weighted by Crippen LogP contribution is -2.12. The number of anilines is 1. The summed E-state index contributed by atoms with van der Waals surface area (Å²) < 4.78 is 116. The predicted molar refractivity (Wildman–Crippen MR) is 259 cm³/mol. The van der Waals surface area contributed by atoms with Crippen LogP contribution in [0.15, 0.2) is 133 Å². The Morgan fingerprint density at radius 1 is 0.580 bits per heavy atom. The molecular weight excluding hydrogens is 1020 g/mol. The standard InChI is InChI=1S/C17H16ClFN2O3S.C17H17ClN2O3S.C12H10ClFN2O3S/c1-17(2,3)16-21-11-8-7-10(18)14(13(11)24-16)25(22,23)15(19)12-6-4-5-9-20-12;1-17(2,3)16-20-13-8-7-12(18)15(14(13)23-16)24(21,22)10-11-6-4-5-9-19-11;13-7-4-5-8(15)10(17)11(7)20(18,19)12(14)9-3-1-2-6-16-9/h4-9,15H,1-3H3;4-9H,10H2,1-3H3;1-6,12,17H,15H2. The third-order valence-electron chi connectivity index (χ3n) is 9.66. The van der Waals surface area contributed by atoms with Crippen molar-refractivity contribution in [2.75, 3.05) is 5.73 Å². The minimum Gasteiger partial charge on any atom is -0.504 e. The second-order valence-corrected chi connectivity index (χ2v) is 24.1. The van der Waals surface area contributed by atoms with E-state index < -0.39 is 61.5 Å². The smallest absolute Gasteiger partial charge is 0.247 e. The van der Waals surface area contributed by atoms with Crippen molar-refractivity contribution in [2.24, 2.45) is 0 Å². The molecule has 5 aromatic heterocycles. The Labute approximate surface area is 411 Å². The highest BCUT2D eigenvalue weighted by Gasteiger charge is 2.37. The summed E-state index contributed by atoms with van der Waals surface area (Å²) in [5, 5.41) is 9.42. The molecule has 3 aromatic carbocycles. The van der Waals surface area contributed by atoms with E-state index in [0.29, 0.717) is 28.5 Å². The Kier molecular flexibility index (Phi) is 15.5. The number of nitrogen functional groups attached to an aromatic ring is 1. The van der Waals surface area contributed by atoms with E-state index in [0.717, 1.165) is 0 Å². The number of pyridine rings is 3. The van der Waals surface area contributed by atoms with E-state index in [2.05, 4.69) is 24.9 Å². The lowest BCUT2D eigenvalue weighted by atomic mass is 9.97. The summed E-state index contributed by atoms with van der Waals surface area (Å²) in [6.45, 7) is 11.5. The first-order valence-corrected chi connectivity index (χ1v) is 26.2. The largest absolute Gasteiger partial charge is 0.504 e. The molecule has 0 aliphatic carbocycles. The zero-order chi connectivity index (χ0) is 50.9. The van der Waals surface area contributed by atoms with Gasteiger partial charge in [-0.15, -0.1) is 0 Å². The van der Waals surface area contributed by atoms with E-state index >= 15 is 0 Å². The van der Waals surface area contributed by atoms with Crippen molar-refractivity contribution < 1.29 is 48.0 Å². The second kappa shape index (κ2) is 20.3. The van der Waals surface area contributed by atoms with Crippen LogP contribution in [0.4, 0.5) is 14.5 Å². The molecule has 2 atom stereocenters. The Bertz CT molecular complexity index is 3490. The highest BCUT2D eigenvalue weighted by atomic mass is 35.5. The van der Waals surface area contributed by atoms with E-state index in [1.165, 1.54) is 67.0 Å². The molecule has 0 aliphatic rings. The normalized spacial score (nSPS) is 13.3. The molecule has 0 radical (unpaired) electrons. The van der Waals surface area contributed by atoms with Gasteiger partial charge in [0.25, 0.3) is 0 Å². The molecule has 0 spiro atoms. The number of alkyl halides is 2. The number of nitrogens with zero attached hydrogens (tertiary/aromatic N) is 5. The van der Waals surface area contributed by atoms with Gasteiger partial charge in [0.15, 0.2) is 26.8 Å². The summed E-state index contributed by atoms with van der Waals surface area (Å²) in [6.07, 6.45) is 4.14. The van der Waals surface area contributed by atoms with E-state index in [-0.39, 0.29) is 59.4 Å². The first-order valence-electron chi connectivity index (χ1n) is 20.3. The quantitative estimate of drug-likeness (QED) is 0.101. The number of phenols is 1. The summed E-state index contributed by atoms with van der Waals surface area (Å²) in [4.78, 5) is 19.0. The van der Waals surface area contributed by atoms with E-state index in [1.54, 1.807) is 42.6 Å². The molecule has 0 fully saturated rings. The maximum Gasteiger partial charge on any atom is 0.247 e. The number of phenolic OH excluding ortho intramolecular Hbond substituents is 1. The van der Waals surface area contributed by atoms with Crippen LogP contribution >= 0.6 is 34.8 Å². The van der Waals surface area contributed by atoms with Crippen molar-refractivity contribution in [3.8, 4) is 5.75 Å². The molecule has 69 heavy (non-hydrogen) atoms. The number of benzene rings is 3. The van der Waals surface area contributed by atoms with Gasteiger partial charge in [-0.1, -0.05) is 94.5 Å². The molecular formula is C46H43Cl3F2N6O9S3. The summed E-state index contributed by atoms with van der Waals surface area (Å²) >= 11 is 18.0. The number of hydrogen-bond acceptors (Lipinski definition) is 15. The fourth-order valence-electron chi connectivity index (χ4n) is 6.21. The Morgan fingerprint density at radius 3 is 1.42 bits per heavy atom. The summed E-state index contributed by atoms with van der Waals surface area (Å²) in [7, 11) is -12.8. The number of fused-ring (bicyclic) bond motifs is 2. The highest BCUT2D eigenvalue weighted by Crippen LogP contribution is 2.42. The van der Waals surface area contributed by atoms with Crippen molar-refractivity contribution in [2.45, 2.75) is 83.8 Å². The summed E-state index contributed by atoms with van der Waals surface area (Å²) in [5.41, 5.74) is 0.477. The number of halogens is 5. The molecule has 8 rings (SSSR count). The Morgan fingerprint density at radius 2 is 0.986 bits per heavy atom. The number of aromatic nitrogens is 5. The Hall–Kier alpha value is -5.77. The molecule has 15 nitrogen and oxygen atoms in total. The fourth-order valence-corrected chi connectivity index (χ4v) is 12.0. The van der Waals surface area contributed by atoms with Gasteiger partial charge < -0.3 is 19.7 Å². The molecule has 0 saturated carbocycles. The van der Waals surface area contributed by atoms with Crippen LogP contribution in [-0.4, -0.2) is 55.3 Å². The summed E-state index contributed by atoms with van der Waals surface area (Å²) in [6, 6.07) is 22.2. The van der Waals surface area contributed by atoms with Crippen molar-refractivity contribution in [1.29, 1.82) is 0 Å².